The molecule has 1 fully saturated rings. The zero-order chi connectivity index (χ0) is 13.1. The molecule has 17 heavy (non-hydrogen) atoms. The molecule has 0 spiro atoms. The summed E-state index contributed by atoms with van der Waals surface area (Å²) in [7, 11) is 0. The van der Waals surface area contributed by atoms with Crippen molar-refractivity contribution in [2.75, 3.05) is 13.1 Å². The van der Waals surface area contributed by atoms with Gasteiger partial charge in [0.15, 0.2) is 0 Å². The molecule has 1 heterocycles. The van der Waals surface area contributed by atoms with Crippen LogP contribution in [0.4, 0.5) is 13.2 Å². The largest absolute Gasteiger partial charge is 0.391 e. The highest BCUT2D eigenvalue weighted by Crippen LogP contribution is 2.29. The Kier molecular flexibility index (Phi) is 4.84. The highest BCUT2D eigenvalue weighted by atomic mass is 19.4. The predicted octanol–water partition coefficient (Wildman–Crippen LogP) is 2.95. The van der Waals surface area contributed by atoms with E-state index in [9.17, 15) is 18.3 Å². The van der Waals surface area contributed by atoms with Gasteiger partial charge in [-0.05, 0) is 46.2 Å². The number of hydrogen-bond donors (Lipinski definition) is 1. The first-order valence-corrected chi connectivity index (χ1v) is 6.23. The number of aliphatic hydroxyl groups excluding tert-OH is 1. The molecular formula is C12H22F3NO. The average molecular weight is 253 g/mol. The smallest absolute Gasteiger partial charge is 0.389 e. The molecule has 0 bridgehead atoms. The van der Waals surface area contributed by atoms with E-state index in [1.54, 1.807) is 0 Å². The number of rotatable bonds is 4. The van der Waals surface area contributed by atoms with E-state index in [4.69, 9.17) is 0 Å². The molecule has 1 aliphatic rings. The Bertz CT molecular complexity index is 234. The van der Waals surface area contributed by atoms with Gasteiger partial charge < -0.3 is 5.11 Å². The van der Waals surface area contributed by atoms with Gasteiger partial charge in [0.25, 0.3) is 0 Å². The van der Waals surface area contributed by atoms with Gasteiger partial charge >= 0.3 is 6.18 Å². The highest BCUT2D eigenvalue weighted by Gasteiger charge is 2.37. The number of piperidine rings is 1. The van der Waals surface area contributed by atoms with E-state index in [-0.39, 0.29) is 6.42 Å². The SMILES string of the molecule is CC(C)(C(O)CCC(F)(F)F)N1CCCCC1. The second-order valence-electron chi connectivity index (χ2n) is 5.37. The number of alkyl halides is 3. The summed E-state index contributed by atoms with van der Waals surface area (Å²) in [5.41, 5.74) is -0.564. The van der Waals surface area contributed by atoms with Gasteiger partial charge in [0, 0.05) is 12.0 Å². The Morgan fingerprint density at radius 2 is 1.65 bits per heavy atom. The van der Waals surface area contributed by atoms with Crippen LogP contribution in [0, 0.1) is 0 Å². The second kappa shape index (κ2) is 5.57. The number of likely N-dealkylation sites (tertiary alicyclic amines) is 1. The third-order valence-corrected chi connectivity index (χ3v) is 3.69. The Hall–Kier alpha value is -0.290. The van der Waals surface area contributed by atoms with E-state index in [0.717, 1.165) is 25.9 Å². The van der Waals surface area contributed by atoms with Crippen LogP contribution < -0.4 is 0 Å². The van der Waals surface area contributed by atoms with Crippen molar-refractivity contribution in [2.45, 2.75) is 63.8 Å². The van der Waals surface area contributed by atoms with Crippen LogP contribution in [0.25, 0.3) is 0 Å². The van der Waals surface area contributed by atoms with Crippen LogP contribution in [-0.4, -0.2) is 40.9 Å². The molecule has 0 aromatic carbocycles. The number of aliphatic hydroxyl groups is 1. The van der Waals surface area contributed by atoms with Crippen molar-refractivity contribution < 1.29 is 18.3 Å². The lowest BCUT2D eigenvalue weighted by atomic mass is 9.89. The van der Waals surface area contributed by atoms with Crippen LogP contribution in [0.1, 0.15) is 46.0 Å². The van der Waals surface area contributed by atoms with Crippen LogP contribution in [0.5, 0.6) is 0 Å². The normalized spacial score (nSPS) is 21.5. The zero-order valence-electron chi connectivity index (χ0n) is 10.6. The van der Waals surface area contributed by atoms with Gasteiger partial charge in [0.05, 0.1) is 6.10 Å². The summed E-state index contributed by atoms with van der Waals surface area (Å²) in [6.45, 7) is 5.41. The second-order valence-corrected chi connectivity index (χ2v) is 5.37. The van der Waals surface area contributed by atoms with Crippen LogP contribution in [0.15, 0.2) is 0 Å². The Balaban J connectivity index is 2.49. The quantitative estimate of drug-likeness (QED) is 0.832. The molecular weight excluding hydrogens is 231 g/mol. The fourth-order valence-electron chi connectivity index (χ4n) is 2.33. The maximum atomic E-state index is 12.1. The molecule has 2 nitrogen and oxygen atoms in total. The summed E-state index contributed by atoms with van der Waals surface area (Å²) in [6.07, 6.45) is -2.93. The molecule has 1 N–H and O–H groups in total. The monoisotopic (exact) mass is 253 g/mol. The maximum Gasteiger partial charge on any atom is 0.389 e. The Morgan fingerprint density at radius 3 is 2.12 bits per heavy atom. The number of halogens is 3. The lowest BCUT2D eigenvalue weighted by Crippen LogP contribution is -2.54. The van der Waals surface area contributed by atoms with E-state index >= 15 is 0 Å². The van der Waals surface area contributed by atoms with Gasteiger partial charge in [-0.15, -0.1) is 0 Å². The predicted molar refractivity (Wildman–Crippen MR) is 60.8 cm³/mol. The summed E-state index contributed by atoms with van der Waals surface area (Å²) >= 11 is 0. The summed E-state index contributed by atoms with van der Waals surface area (Å²) in [6, 6.07) is 0. The highest BCUT2D eigenvalue weighted by molar-refractivity contribution is 4.90. The van der Waals surface area contributed by atoms with E-state index < -0.39 is 24.2 Å². The maximum absolute atomic E-state index is 12.1. The fraction of sp³-hybridized carbons (Fsp3) is 1.00. The summed E-state index contributed by atoms with van der Waals surface area (Å²) < 4.78 is 36.4. The van der Waals surface area contributed by atoms with Gasteiger partial charge in [0.2, 0.25) is 0 Å². The standard InChI is InChI=1S/C12H22F3NO/c1-11(2,16-8-4-3-5-9-16)10(17)6-7-12(13,14)15/h10,17H,3-9H2,1-2H3. The van der Waals surface area contributed by atoms with Crippen molar-refractivity contribution in [3.8, 4) is 0 Å². The first-order chi connectivity index (χ1) is 7.73. The molecule has 1 rings (SSSR count). The van der Waals surface area contributed by atoms with Crippen molar-refractivity contribution >= 4 is 0 Å². The number of nitrogens with zero attached hydrogens (tertiary/aromatic N) is 1. The zero-order valence-corrected chi connectivity index (χ0v) is 10.6. The Labute approximate surface area is 101 Å². The molecule has 0 saturated carbocycles. The summed E-state index contributed by atoms with van der Waals surface area (Å²) in [5, 5.41) is 9.95. The van der Waals surface area contributed by atoms with Crippen LogP contribution in [-0.2, 0) is 0 Å². The van der Waals surface area contributed by atoms with Crippen molar-refractivity contribution in [1.82, 2.24) is 4.90 Å². The molecule has 0 amide bonds. The topological polar surface area (TPSA) is 23.5 Å². The molecule has 0 aromatic rings. The van der Waals surface area contributed by atoms with Gasteiger partial charge in [-0.1, -0.05) is 6.42 Å². The van der Waals surface area contributed by atoms with Crippen LogP contribution in [0.2, 0.25) is 0 Å². The number of hydrogen-bond acceptors (Lipinski definition) is 2. The first-order valence-electron chi connectivity index (χ1n) is 6.23. The van der Waals surface area contributed by atoms with Crippen LogP contribution in [0.3, 0.4) is 0 Å². The molecule has 0 aromatic heterocycles. The van der Waals surface area contributed by atoms with Crippen molar-refractivity contribution in [1.29, 1.82) is 0 Å². The first kappa shape index (κ1) is 14.8. The molecule has 0 radical (unpaired) electrons. The van der Waals surface area contributed by atoms with Crippen molar-refractivity contribution in [3.05, 3.63) is 0 Å². The van der Waals surface area contributed by atoms with E-state index in [1.165, 1.54) is 6.42 Å². The Morgan fingerprint density at radius 1 is 1.12 bits per heavy atom. The fourth-order valence-corrected chi connectivity index (χ4v) is 2.33. The van der Waals surface area contributed by atoms with Crippen molar-refractivity contribution in [2.24, 2.45) is 0 Å². The van der Waals surface area contributed by atoms with Crippen molar-refractivity contribution in [3.63, 3.8) is 0 Å². The lowest BCUT2D eigenvalue weighted by molar-refractivity contribution is -0.145. The lowest BCUT2D eigenvalue weighted by Gasteiger charge is -2.44. The summed E-state index contributed by atoms with van der Waals surface area (Å²) in [4.78, 5) is 2.11. The molecule has 1 unspecified atom stereocenters. The van der Waals surface area contributed by atoms with Crippen LogP contribution >= 0.6 is 0 Å². The van der Waals surface area contributed by atoms with Gasteiger partial charge in [-0.25, -0.2) is 0 Å². The van der Waals surface area contributed by atoms with E-state index in [1.807, 2.05) is 13.8 Å². The van der Waals surface area contributed by atoms with E-state index in [0.29, 0.717) is 0 Å². The average Bonchev–Trinajstić information content (AvgIpc) is 2.26. The van der Waals surface area contributed by atoms with Gasteiger partial charge in [-0.2, -0.15) is 13.2 Å². The minimum Gasteiger partial charge on any atom is -0.391 e. The minimum absolute atomic E-state index is 0.215. The minimum atomic E-state index is -4.18. The molecule has 0 aliphatic carbocycles. The third-order valence-electron chi connectivity index (χ3n) is 3.69. The molecule has 1 saturated heterocycles. The third kappa shape index (κ3) is 4.47. The molecule has 5 heteroatoms. The summed E-state index contributed by atoms with van der Waals surface area (Å²) in [5.74, 6) is 0. The van der Waals surface area contributed by atoms with Gasteiger partial charge in [-0.3, -0.25) is 4.90 Å². The molecule has 1 aliphatic heterocycles. The van der Waals surface area contributed by atoms with E-state index in [2.05, 4.69) is 4.90 Å². The van der Waals surface area contributed by atoms with Gasteiger partial charge in [0.1, 0.15) is 0 Å². The molecule has 102 valence electrons. The molecule has 1 atom stereocenters.